The molecule has 0 bridgehead atoms. The monoisotopic (exact) mass is 203 g/mol. The molecule has 4 nitrogen and oxygen atoms in total. The highest BCUT2D eigenvalue weighted by molar-refractivity contribution is 5.63. The minimum absolute atomic E-state index is 0.638. The Morgan fingerprint density at radius 2 is 2.27 bits per heavy atom. The molecule has 0 fully saturated rings. The molecule has 15 heavy (non-hydrogen) atoms. The van der Waals surface area contributed by atoms with Gasteiger partial charge in [0.1, 0.15) is 11.6 Å². The summed E-state index contributed by atoms with van der Waals surface area (Å²) >= 11 is 0. The van der Waals surface area contributed by atoms with Crippen molar-refractivity contribution in [2.75, 3.05) is 17.7 Å². The van der Waals surface area contributed by atoms with Crippen LogP contribution in [-0.4, -0.2) is 12.0 Å². The molecule has 2 aromatic heterocycles. The second kappa shape index (κ2) is 4.50. The van der Waals surface area contributed by atoms with Gasteiger partial charge in [0.05, 0.1) is 18.5 Å². The molecule has 0 aliphatic heterocycles. The van der Waals surface area contributed by atoms with Crippen LogP contribution in [0.3, 0.4) is 0 Å². The lowest BCUT2D eigenvalue weighted by Crippen LogP contribution is -2.03. The van der Waals surface area contributed by atoms with Crippen molar-refractivity contribution in [1.82, 2.24) is 4.98 Å². The third-order valence-corrected chi connectivity index (χ3v) is 2.09. The van der Waals surface area contributed by atoms with Gasteiger partial charge in [0.25, 0.3) is 0 Å². The Morgan fingerprint density at radius 3 is 3.00 bits per heavy atom. The van der Waals surface area contributed by atoms with Crippen LogP contribution in [0.4, 0.5) is 11.5 Å². The van der Waals surface area contributed by atoms with Crippen LogP contribution >= 0.6 is 0 Å². The molecule has 2 N–H and O–H groups in total. The molecule has 2 heterocycles. The van der Waals surface area contributed by atoms with Gasteiger partial charge in [-0.15, -0.1) is 0 Å². The number of aromatic nitrogens is 1. The van der Waals surface area contributed by atoms with Crippen LogP contribution in [0.2, 0.25) is 0 Å². The van der Waals surface area contributed by atoms with Gasteiger partial charge in [-0.2, -0.15) is 0 Å². The van der Waals surface area contributed by atoms with Crippen LogP contribution < -0.4 is 10.6 Å². The summed E-state index contributed by atoms with van der Waals surface area (Å²) < 4.78 is 5.22. The van der Waals surface area contributed by atoms with E-state index in [1.54, 1.807) is 12.5 Å². The number of furan rings is 1. The maximum absolute atomic E-state index is 5.22. The fraction of sp³-hybridized carbons (Fsp3) is 0.182. The predicted molar refractivity (Wildman–Crippen MR) is 59.8 cm³/mol. The zero-order valence-electron chi connectivity index (χ0n) is 8.53. The van der Waals surface area contributed by atoms with Gasteiger partial charge < -0.3 is 15.1 Å². The lowest BCUT2D eigenvalue weighted by molar-refractivity contribution is 0.518. The van der Waals surface area contributed by atoms with E-state index in [2.05, 4.69) is 15.6 Å². The van der Waals surface area contributed by atoms with Gasteiger partial charge in [-0.1, -0.05) is 0 Å². The number of nitrogens with zero attached hydrogens (tertiary/aromatic N) is 1. The van der Waals surface area contributed by atoms with Crippen molar-refractivity contribution in [2.45, 2.75) is 6.54 Å². The van der Waals surface area contributed by atoms with Gasteiger partial charge in [0.15, 0.2) is 0 Å². The summed E-state index contributed by atoms with van der Waals surface area (Å²) in [5, 5.41) is 6.27. The molecule has 2 aromatic rings. The summed E-state index contributed by atoms with van der Waals surface area (Å²) in [7, 11) is 1.87. The van der Waals surface area contributed by atoms with Gasteiger partial charge in [0, 0.05) is 13.2 Å². The second-order valence-electron chi connectivity index (χ2n) is 3.08. The summed E-state index contributed by atoms with van der Waals surface area (Å²) in [6.07, 6.45) is 3.42. The molecule has 0 radical (unpaired) electrons. The zero-order chi connectivity index (χ0) is 10.5. The second-order valence-corrected chi connectivity index (χ2v) is 3.08. The van der Waals surface area contributed by atoms with Crippen LogP contribution in [0.25, 0.3) is 0 Å². The fourth-order valence-electron chi connectivity index (χ4n) is 1.33. The van der Waals surface area contributed by atoms with E-state index in [0.29, 0.717) is 6.54 Å². The number of anilines is 2. The average Bonchev–Trinajstić information content (AvgIpc) is 2.79. The van der Waals surface area contributed by atoms with Gasteiger partial charge in [-0.25, -0.2) is 4.98 Å². The Kier molecular flexibility index (Phi) is 2.88. The molecule has 0 saturated carbocycles. The molecule has 0 unspecified atom stereocenters. The molecule has 2 rings (SSSR count). The lowest BCUT2D eigenvalue weighted by Gasteiger charge is -2.08. The number of rotatable bonds is 4. The van der Waals surface area contributed by atoms with Crippen molar-refractivity contribution in [3.8, 4) is 0 Å². The Balaban J connectivity index is 2.04. The first-order chi connectivity index (χ1) is 7.40. The number of hydrogen-bond donors (Lipinski definition) is 2. The minimum Gasteiger partial charge on any atom is -0.467 e. The van der Waals surface area contributed by atoms with Crippen molar-refractivity contribution in [1.29, 1.82) is 0 Å². The minimum atomic E-state index is 0.638. The first-order valence-corrected chi connectivity index (χ1v) is 4.79. The molecule has 78 valence electrons. The Hall–Kier alpha value is -1.97. The predicted octanol–water partition coefficient (Wildman–Crippen LogP) is 2.33. The number of pyridine rings is 1. The van der Waals surface area contributed by atoms with E-state index >= 15 is 0 Å². The largest absolute Gasteiger partial charge is 0.467 e. The van der Waals surface area contributed by atoms with Crippen molar-refractivity contribution >= 4 is 11.5 Å². The van der Waals surface area contributed by atoms with E-state index in [-0.39, 0.29) is 0 Å². The summed E-state index contributed by atoms with van der Waals surface area (Å²) in [4.78, 5) is 4.23. The molecule has 0 aromatic carbocycles. The fourth-order valence-corrected chi connectivity index (χ4v) is 1.33. The molecule has 0 amide bonds. The molecule has 0 aliphatic carbocycles. The summed E-state index contributed by atoms with van der Waals surface area (Å²) in [6, 6.07) is 7.66. The normalized spacial score (nSPS) is 9.93. The van der Waals surface area contributed by atoms with Crippen molar-refractivity contribution in [2.24, 2.45) is 0 Å². The van der Waals surface area contributed by atoms with E-state index < -0.39 is 0 Å². The Bertz CT molecular complexity index is 412. The van der Waals surface area contributed by atoms with Gasteiger partial charge >= 0.3 is 0 Å². The first kappa shape index (κ1) is 9.58. The van der Waals surface area contributed by atoms with Gasteiger partial charge in [-0.05, 0) is 24.3 Å². The lowest BCUT2D eigenvalue weighted by atomic mass is 10.3. The number of nitrogens with one attached hydrogen (secondary N) is 2. The van der Waals surface area contributed by atoms with Crippen LogP contribution in [0.5, 0.6) is 0 Å². The Morgan fingerprint density at radius 1 is 1.33 bits per heavy atom. The summed E-state index contributed by atoms with van der Waals surface area (Å²) in [6.45, 7) is 0.638. The van der Waals surface area contributed by atoms with Crippen molar-refractivity contribution < 1.29 is 4.42 Å². The molecule has 0 saturated heterocycles. The molecule has 0 atom stereocenters. The quantitative estimate of drug-likeness (QED) is 0.800. The molecular formula is C11H13N3O. The van der Waals surface area contributed by atoms with Crippen LogP contribution in [0.1, 0.15) is 5.76 Å². The van der Waals surface area contributed by atoms with Crippen LogP contribution in [-0.2, 0) is 6.54 Å². The average molecular weight is 203 g/mol. The third-order valence-electron chi connectivity index (χ3n) is 2.09. The van der Waals surface area contributed by atoms with Gasteiger partial charge in [-0.3, -0.25) is 0 Å². The Labute approximate surface area is 88.3 Å². The smallest absolute Gasteiger partial charge is 0.149 e. The molecule has 4 heteroatoms. The highest BCUT2D eigenvalue weighted by Crippen LogP contribution is 2.17. The number of hydrogen-bond acceptors (Lipinski definition) is 4. The van der Waals surface area contributed by atoms with Crippen LogP contribution in [0.15, 0.2) is 41.1 Å². The molecular weight excluding hydrogens is 190 g/mol. The summed E-state index contributed by atoms with van der Waals surface area (Å²) in [5.74, 6) is 1.72. The van der Waals surface area contributed by atoms with Crippen molar-refractivity contribution in [3.63, 3.8) is 0 Å². The van der Waals surface area contributed by atoms with E-state index in [1.165, 1.54) is 0 Å². The van der Waals surface area contributed by atoms with Crippen LogP contribution in [0, 0.1) is 0 Å². The molecule has 0 spiro atoms. The van der Waals surface area contributed by atoms with E-state index in [1.807, 2.05) is 31.3 Å². The highest BCUT2D eigenvalue weighted by Gasteiger charge is 2.01. The topological polar surface area (TPSA) is 50.1 Å². The van der Waals surface area contributed by atoms with Gasteiger partial charge in [0.2, 0.25) is 0 Å². The molecule has 0 aliphatic rings. The maximum atomic E-state index is 5.22. The van der Waals surface area contributed by atoms with E-state index in [9.17, 15) is 0 Å². The van der Waals surface area contributed by atoms with E-state index in [4.69, 9.17) is 4.42 Å². The van der Waals surface area contributed by atoms with Crippen molar-refractivity contribution in [3.05, 3.63) is 42.5 Å². The maximum Gasteiger partial charge on any atom is 0.149 e. The van der Waals surface area contributed by atoms with E-state index in [0.717, 1.165) is 17.3 Å². The summed E-state index contributed by atoms with van der Waals surface area (Å²) in [5.41, 5.74) is 0.976. The standard InChI is InChI=1S/C11H13N3O/c1-12-10-5-2-6-13-11(10)14-8-9-4-3-7-15-9/h2-7,12H,8H2,1H3,(H,13,14). The highest BCUT2D eigenvalue weighted by atomic mass is 16.3. The third kappa shape index (κ3) is 2.28. The zero-order valence-corrected chi connectivity index (χ0v) is 8.53. The SMILES string of the molecule is CNc1cccnc1NCc1ccco1. The first-order valence-electron chi connectivity index (χ1n) is 4.79.